The van der Waals surface area contributed by atoms with Crippen molar-refractivity contribution in [1.29, 1.82) is 0 Å². The van der Waals surface area contributed by atoms with Crippen LogP contribution in [0.1, 0.15) is 15.9 Å². The first kappa shape index (κ1) is 14.3. The highest BCUT2D eigenvalue weighted by Gasteiger charge is 2.08. The normalized spacial score (nSPS) is 10.3. The van der Waals surface area contributed by atoms with Gasteiger partial charge in [0.25, 0.3) is 0 Å². The Morgan fingerprint density at radius 2 is 1.85 bits per heavy atom. The first-order valence-corrected chi connectivity index (χ1v) is 6.12. The monoisotopic (exact) mass is 296 g/mol. The summed E-state index contributed by atoms with van der Waals surface area (Å²) in [6, 6.07) is 7.78. The molecule has 0 unspecified atom stereocenters. The first-order chi connectivity index (χ1) is 9.47. The standard InChI is InChI=1S/C14H11ClF2N2O/c15-10-2-4-12(17)13(6-10)19-7-9-5-8(14(18)20)1-3-11(9)16/h1-6,19H,7H2,(H2,18,20). The molecule has 0 fully saturated rings. The van der Waals surface area contributed by atoms with Crippen LogP contribution in [0, 0.1) is 11.6 Å². The fourth-order valence-electron chi connectivity index (χ4n) is 1.69. The van der Waals surface area contributed by atoms with Gasteiger partial charge in [-0.3, -0.25) is 4.79 Å². The molecule has 0 heterocycles. The smallest absolute Gasteiger partial charge is 0.248 e. The lowest BCUT2D eigenvalue weighted by Gasteiger charge is -2.09. The van der Waals surface area contributed by atoms with E-state index in [4.69, 9.17) is 17.3 Å². The van der Waals surface area contributed by atoms with Gasteiger partial charge in [-0.15, -0.1) is 0 Å². The minimum Gasteiger partial charge on any atom is -0.378 e. The zero-order chi connectivity index (χ0) is 14.7. The Morgan fingerprint density at radius 3 is 2.55 bits per heavy atom. The Hall–Kier alpha value is -2.14. The summed E-state index contributed by atoms with van der Waals surface area (Å²) in [4.78, 5) is 11.0. The van der Waals surface area contributed by atoms with E-state index in [9.17, 15) is 13.6 Å². The van der Waals surface area contributed by atoms with Crippen LogP contribution in [0.3, 0.4) is 0 Å². The van der Waals surface area contributed by atoms with Crippen LogP contribution in [0.5, 0.6) is 0 Å². The Kier molecular flexibility index (Phi) is 4.20. The van der Waals surface area contributed by atoms with Gasteiger partial charge in [0.05, 0.1) is 5.69 Å². The van der Waals surface area contributed by atoms with Crippen molar-refractivity contribution in [2.75, 3.05) is 5.32 Å². The highest BCUT2D eigenvalue weighted by atomic mass is 35.5. The molecule has 0 saturated carbocycles. The van der Waals surface area contributed by atoms with Gasteiger partial charge in [-0.2, -0.15) is 0 Å². The minimum absolute atomic E-state index is 0.00418. The molecule has 0 aliphatic rings. The Morgan fingerprint density at radius 1 is 1.15 bits per heavy atom. The summed E-state index contributed by atoms with van der Waals surface area (Å²) < 4.78 is 27.1. The minimum atomic E-state index is -0.653. The van der Waals surface area contributed by atoms with Gasteiger partial charge in [-0.25, -0.2) is 8.78 Å². The number of nitrogens with one attached hydrogen (secondary N) is 1. The van der Waals surface area contributed by atoms with Crippen LogP contribution >= 0.6 is 11.6 Å². The van der Waals surface area contributed by atoms with Crippen LogP contribution in [0.15, 0.2) is 36.4 Å². The molecule has 0 aliphatic heterocycles. The topological polar surface area (TPSA) is 55.1 Å². The molecule has 0 spiro atoms. The van der Waals surface area contributed by atoms with E-state index in [1.54, 1.807) is 0 Å². The second-order valence-corrected chi connectivity index (χ2v) is 4.58. The van der Waals surface area contributed by atoms with Crippen molar-refractivity contribution in [3.63, 3.8) is 0 Å². The number of halogens is 3. The van der Waals surface area contributed by atoms with Gasteiger partial charge in [0.1, 0.15) is 11.6 Å². The molecule has 0 atom stereocenters. The van der Waals surface area contributed by atoms with E-state index in [0.29, 0.717) is 5.02 Å². The first-order valence-electron chi connectivity index (χ1n) is 5.74. The molecule has 2 aromatic rings. The predicted octanol–water partition coefficient (Wildman–Crippen LogP) is 3.33. The van der Waals surface area contributed by atoms with Crippen molar-refractivity contribution in [1.82, 2.24) is 0 Å². The fraction of sp³-hybridized carbons (Fsp3) is 0.0714. The zero-order valence-corrected chi connectivity index (χ0v) is 11.0. The van der Waals surface area contributed by atoms with Crippen LogP contribution in [-0.4, -0.2) is 5.91 Å². The van der Waals surface area contributed by atoms with Crippen molar-refractivity contribution < 1.29 is 13.6 Å². The van der Waals surface area contributed by atoms with Crippen molar-refractivity contribution in [3.8, 4) is 0 Å². The SMILES string of the molecule is NC(=O)c1ccc(F)c(CNc2cc(Cl)ccc2F)c1. The number of hydrogen-bond donors (Lipinski definition) is 2. The molecule has 0 saturated heterocycles. The van der Waals surface area contributed by atoms with E-state index in [2.05, 4.69) is 5.32 Å². The Bertz CT molecular complexity index is 662. The lowest BCUT2D eigenvalue weighted by Crippen LogP contribution is -2.12. The molecule has 0 bridgehead atoms. The number of carbonyl (C=O) groups is 1. The van der Waals surface area contributed by atoms with Crippen molar-refractivity contribution in [2.24, 2.45) is 5.73 Å². The second kappa shape index (κ2) is 5.88. The summed E-state index contributed by atoms with van der Waals surface area (Å²) in [5.41, 5.74) is 5.68. The fourth-order valence-corrected chi connectivity index (χ4v) is 1.86. The number of carbonyl (C=O) groups excluding carboxylic acids is 1. The van der Waals surface area contributed by atoms with Crippen molar-refractivity contribution in [3.05, 3.63) is 64.2 Å². The lowest BCUT2D eigenvalue weighted by molar-refractivity contribution is 0.1000. The quantitative estimate of drug-likeness (QED) is 0.909. The number of primary amides is 1. The molecule has 3 nitrogen and oxygen atoms in total. The molecule has 0 aromatic heterocycles. The van der Waals surface area contributed by atoms with Crippen molar-refractivity contribution >= 4 is 23.2 Å². The van der Waals surface area contributed by atoms with E-state index < -0.39 is 17.5 Å². The number of rotatable bonds is 4. The molecule has 20 heavy (non-hydrogen) atoms. The molecule has 6 heteroatoms. The second-order valence-electron chi connectivity index (χ2n) is 4.15. The molecular formula is C14H11ClF2N2O. The van der Waals surface area contributed by atoms with Crippen LogP contribution in [0.2, 0.25) is 5.02 Å². The van der Waals surface area contributed by atoms with E-state index in [-0.39, 0.29) is 23.4 Å². The molecule has 0 aliphatic carbocycles. The Balaban J connectivity index is 2.20. The van der Waals surface area contributed by atoms with Gasteiger partial charge in [0.2, 0.25) is 5.91 Å². The molecule has 2 rings (SSSR count). The van der Waals surface area contributed by atoms with E-state index >= 15 is 0 Å². The molecule has 1 amide bonds. The van der Waals surface area contributed by atoms with Gasteiger partial charge in [0, 0.05) is 22.7 Å². The summed E-state index contributed by atoms with van der Waals surface area (Å²) in [7, 11) is 0. The maximum absolute atomic E-state index is 13.6. The number of benzene rings is 2. The maximum atomic E-state index is 13.6. The number of hydrogen-bond acceptors (Lipinski definition) is 2. The predicted molar refractivity (Wildman–Crippen MR) is 73.7 cm³/mol. The molecule has 3 N–H and O–H groups in total. The summed E-state index contributed by atoms with van der Waals surface area (Å²) >= 11 is 5.75. The van der Waals surface area contributed by atoms with Crippen LogP contribution in [0.4, 0.5) is 14.5 Å². The van der Waals surface area contributed by atoms with Gasteiger partial charge in [-0.05, 0) is 36.4 Å². The van der Waals surface area contributed by atoms with Crippen molar-refractivity contribution in [2.45, 2.75) is 6.54 Å². The largest absolute Gasteiger partial charge is 0.378 e. The van der Waals surface area contributed by atoms with Gasteiger partial charge >= 0.3 is 0 Å². The third kappa shape index (κ3) is 3.24. The molecule has 0 radical (unpaired) electrons. The lowest BCUT2D eigenvalue weighted by atomic mass is 10.1. The average molecular weight is 297 g/mol. The van der Waals surface area contributed by atoms with E-state index in [1.165, 1.54) is 30.3 Å². The number of amides is 1. The van der Waals surface area contributed by atoms with Crippen LogP contribution in [-0.2, 0) is 6.54 Å². The van der Waals surface area contributed by atoms with Gasteiger partial charge in [-0.1, -0.05) is 11.6 Å². The third-order valence-electron chi connectivity index (χ3n) is 2.73. The number of nitrogens with two attached hydrogens (primary N) is 1. The van der Waals surface area contributed by atoms with Gasteiger partial charge in [0.15, 0.2) is 0 Å². The van der Waals surface area contributed by atoms with Gasteiger partial charge < -0.3 is 11.1 Å². The average Bonchev–Trinajstić information content (AvgIpc) is 2.41. The van der Waals surface area contributed by atoms with Crippen LogP contribution < -0.4 is 11.1 Å². The molecule has 2 aromatic carbocycles. The zero-order valence-electron chi connectivity index (χ0n) is 10.3. The Labute approximate surface area is 119 Å². The highest BCUT2D eigenvalue weighted by Crippen LogP contribution is 2.21. The van der Waals surface area contributed by atoms with E-state index in [1.807, 2.05) is 0 Å². The third-order valence-corrected chi connectivity index (χ3v) is 2.96. The molecular weight excluding hydrogens is 286 g/mol. The summed E-state index contributed by atoms with van der Waals surface area (Å²) in [5, 5.41) is 3.09. The highest BCUT2D eigenvalue weighted by molar-refractivity contribution is 6.30. The number of anilines is 1. The summed E-state index contributed by atoms with van der Waals surface area (Å²) in [5.74, 6) is -1.66. The van der Waals surface area contributed by atoms with E-state index in [0.717, 1.165) is 6.07 Å². The summed E-state index contributed by atoms with van der Waals surface area (Å²) in [6.45, 7) is 0.00418. The summed E-state index contributed by atoms with van der Waals surface area (Å²) in [6.07, 6.45) is 0. The molecule has 104 valence electrons. The van der Waals surface area contributed by atoms with Crippen LogP contribution in [0.25, 0.3) is 0 Å². The maximum Gasteiger partial charge on any atom is 0.248 e.